The number of hydrogen-bond acceptors (Lipinski definition) is 3. The van der Waals surface area contributed by atoms with Crippen molar-refractivity contribution in [1.29, 1.82) is 0 Å². The Bertz CT molecular complexity index is 1110. The zero-order chi connectivity index (χ0) is 19.0. The molecular formula is C20H19BrN4O2. The Morgan fingerprint density at radius 1 is 1.26 bits per heavy atom. The molecule has 7 heteroatoms. The number of benzene rings is 1. The topological polar surface area (TPSA) is 65.0 Å². The van der Waals surface area contributed by atoms with Gasteiger partial charge in [-0.25, -0.2) is 0 Å². The van der Waals surface area contributed by atoms with Crippen LogP contribution in [0.1, 0.15) is 27.3 Å². The van der Waals surface area contributed by atoms with Gasteiger partial charge in [0.15, 0.2) is 10.3 Å². The van der Waals surface area contributed by atoms with E-state index >= 15 is 0 Å². The second-order valence-electron chi connectivity index (χ2n) is 6.46. The monoisotopic (exact) mass is 426 g/mol. The fourth-order valence-electron chi connectivity index (χ4n) is 3.12. The van der Waals surface area contributed by atoms with Gasteiger partial charge in [-0.3, -0.25) is 9.48 Å². The van der Waals surface area contributed by atoms with Gasteiger partial charge in [0.1, 0.15) is 5.69 Å². The normalized spacial score (nSPS) is 11.2. The Balaban J connectivity index is 1.63. The highest BCUT2D eigenvalue weighted by Gasteiger charge is 2.19. The number of halogens is 1. The highest BCUT2D eigenvalue weighted by atomic mass is 79.9. The standard InChI is InChI=1S/C20H19BrN4O2/c1-13-15(11-23-24(13)2)10-22-20(26)17-8-18-16(9-19(21)27-18)25(17)12-14-6-4-3-5-7-14/h3-9,11H,10,12H2,1-2H3,(H,22,26). The lowest BCUT2D eigenvalue weighted by Crippen LogP contribution is -2.25. The Labute approximate surface area is 164 Å². The molecule has 1 amide bonds. The van der Waals surface area contributed by atoms with Gasteiger partial charge in [-0.15, -0.1) is 0 Å². The van der Waals surface area contributed by atoms with Gasteiger partial charge in [0.2, 0.25) is 0 Å². The number of nitrogens with zero attached hydrogens (tertiary/aromatic N) is 3. The van der Waals surface area contributed by atoms with Gasteiger partial charge in [0.25, 0.3) is 5.91 Å². The summed E-state index contributed by atoms with van der Waals surface area (Å²) in [5.74, 6) is -0.142. The van der Waals surface area contributed by atoms with Gasteiger partial charge < -0.3 is 14.3 Å². The molecule has 0 fully saturated rings. The first-order valence-electron chi connectivity index (χ1n) is 8.61. The molecule has 0 saturated carbocycles. The van der Waals surface area contributed by atoms with E-state index in [-0.39, 0.29) is 5.91 Å². The highest BCUT2D eigenvalue weighted by molar-refractivity contribution is 9.10. The molecule has 0 spiro atoms. The molecule has 4 aromatic rings. The minimum atomic E-state index is -0.142. The number of fused-ring (bicyclic) bond motifs is 1. The third-order valence-electron chi connectivity index (χ3n) is 4.75. The van der Waals surface area contributed by atoms with Crippen molar-refractivity contribution < 1.29 is 9.21 Å². The van der Waals surface area contributed by atoms with Gasteiger partial charge in [0.05, 0.1) is 11.7 Å². The molecule has 0 radical (unpaired) electrons. The summed E-state index contributed by atoms with van der Waals surface area (Å²) < 4.78 is 10.1. The van der Waals surface area contributed by atoms with E-state index < -0.39 is 0 Å². The molecule has 0 saturated heterocycles. The first kappa shape index (κ1) is 17.6. The summed E-state index contributed by atoms with van der Waals surface area (Å²) in [6.45, 7) is 3.00. The third kappa shape index (κ3) is 3.42. The Morgan fingerprint density at radius 2 is 2.04 bits per heavy atom. The van der Waals surface area contributed by atoms with Crippen LogP contribution >= 0.6 is 15.9 Å². The molecule has 1 N–H and O–H groups in total. The van der Waals surface area contributed by atoms with Gasteiger partial charge >= 0.3 is 0 Å². The first-order chi connectivity index (χ1) is 13.0. The van der Waals surface area contributed by atoms with E-state index in [1.807, 2.05) is 54.9 Å². The lowest BCUT2D eigenvalue weighted by atomic mass is 10.2. The van der Waals surface area contributed by atoms with Gasteiger partial charge in [-0.05, 0) is 28.4 Å². The summed E-state index contributed by atoms with van der Waals surface area (Å²) >= 11 is 3.37. The molecule has 0 unspecified atom stereocenters. The quantitative estimate of drug-likeness (QED) is 0.524. The van der Waals surface area contributed by atoms with Crippen molar-refractivity contribution in [1.82, 2.24) is 19.7 Å². The molecule has 0 aliphatic heterocycles. The zero-order valence-corrected chi connectivity index (χ0v) is 16.7. The van der Waals surface area contributed by atoms with Gasteiger partial charge in [0, 0.05) is 43.5 Å². The van der Waals surface area contributed by atoms with Crippen LogP contribution in [0.2, 0.25) is 0 Å². The van der Waals surface area contributed by atoms with Crippen molar-refractivity contribution in [3.8, 4) is 0 Å². The van der Waals surface area contributed by atoms with Crippen LogP contribution in [0.25, 0.3) is 11.1 Å². The minimum absolute atomic E-state index is 0.142. The SMILES string of the molecule is Cc1c(CNC(=O)c2cc3oc(Br)cc3n2Cc2ccccc2)cnn1C. The fraction of sp³-hybridized carbons (Fsp3) is 0.200. The van der Waals surface area contributed by atoms with Crippen molar-refractivity contribution in [2.24, 2.45) is 7.05 Å². The number of aryl methyl sites for hydroxylation is 1. The van der Waals surface area contributed by atoms with E-state index in [4.69, 9.17) is 4.42 Å². The van der Waals surface area contributed by atoms with E-state index in [1.165, 1.54) is 0 Å². The molecule has 3 heterocycles. The van der Waals surface area contributed by atoms with Crippen LogP contribution < -0.4 is 5.32 Å². The molecular weight excluding hydrogens is 408 g/mol. The maximum absolute atomic E-state index is 12.9. The summed E-state index contributed by atoms with van der Waals surface area (Å²) in [6.07, 6.45) is 1.78. The summed E-state index contributed by atoms with van der Waals surface area (Å²) in [7, 11) is 1.89. The third-order valence-corrected chi connectivity index (χ3v) is 5.14. The minimum Gasteiger partial charge on any atom is -0.448 e. The van der Waals surface area contributed by atoms with Crippen LogP contribution in [-0.4, -0.2) is 20.3 Å². The smallest absolute Gasteiger partial charge is 0.268 e. The number of carbonyl (C=O) groups excluding carboxylic acids is 1. The predicted molar refractivity (Wildman–Crippen MR) is 107 cm³/mol. The van der Waals surface area contributed by atoms with Crippen LogP contribution in [0.5, 0.6) is 0 Å². The molecule has 1 aromatic carbocycles. The molecule has 0 bridgehead atoms. The number of amides is 1. The lowest BCUT2D eigenvalue weighted by molar-refractivity contribution is 0.0942. The highest BCUT2D eigenvalue weighted by Crippen LogP contribution is 2.28. The summed E-state index contributed by atoms with van der Waals surface area (Å²) in [4.78, 5) is 12.9. The van der Waals surface area contributed by atoms with Gasteiger partial charge in [-0.2, -0.15) is 5.10 Å². The lowest BCUT2D eigenvalue weighted by Gasteiger charge is -2.11. The molecule has 0 aliphatic rings. The molecule has 138 valence electrons. The van der Waals surface area contributed by atoms with Crippen molar-refractivity contribution in [3.63, 3.8) is 0 Å². The number of hydrogen-bond donors (Lipinski definition) is 1. The molecule has 0 atom stereocenters. The summed E-state index contributed by atoms with van der Waals surface area (Å²) in [5, 5.41) is 7.21. The van der Waals surface area contributed by atoms with Crippen molar-refractivity contribution in [2.45, 2.75) is 20.0 Å². The summed E-state index contributed by atoms with van der Waals surface area (Å²) in [5.41, 5.74) is 5.28. The Hall–Kier alpha value is -2.80. The second kappa shape index (κ2) is 7.08. The second-order valence-corrected chi connectivity index (χ2v) is 7.24. The average molecular weight is 427 g/mol. The molecule has 27 heavy (non-hydrogen) atoms. The van der Waals surface area contributed by atoms with Crippen LogP contribution in [-0.2, 0) is 20.1 Å². The Kier molecular flexibility index (Phi) is 4.61. The average Bonchev–Trinajstić information content (AvgIpc) is 3.29. The van der Waals surface area contributed by atoms with Crippen LogP contribution in [0.3, 0.4) is 0 Å². The molecule has 6 nitrogen and oxygen atoms in total. The number of rotatable bonds is 5. The molecule has 4 rings (SSSR count). The zero-order valence-electron chi connectivity index (χ0n) is 15.1. The van der Waals surface area contributed by atoms with E-state index in [0.29, 0.717) is 29.0 Å². The fourth-order valence-corrected chi connectivity index (χ4v) is 3.51. The van der Waals surface area contributed by atoms with Crippen LogP contribution in [0, 0.1) is 6.92 Å². The van der Waals surface area contributed by atoms with Crippen molar-refractivity contribution in [2.75, 3.05) is 0 Å². The molecule has 0 aliphatic carbocycles. The van der Waals surface area contributed by atoms with E-state index in [0.717, 1.165) is 22.3 Å². The van der Waals surface area contributed by atoms with Crippen LogP contribution in [0.15, 0.2) is 57.7 Å². The van der Waals surface area contributed by atoms with Crippen molar-refractivity contribution in [3.05, 3.63) is 75.8 Å². The number of furan rings is 1. The first-order valence-corrected chi connectivity index (χ1v) is 9.40. The predicted octanol–water partition coefficient (Wildman–Crippen LogP) is 4.02. The maximum Gasteiger partial charge on any atom is 0.268 e. The van der Waals surface area contributed by atoms with Gasteiger partial charge in [-0.1, -0.05) is 30.3 Å². The number of carbonyl (C=O) groups is 1. The maximum atomic E-state index is 12.9. The summed E-state index contributed by atoms with van der Waals surface area (Å²) in [6, 6.07) is 13.7. The Morgan fingerprint density at radius 3 is 2.74 bits per heavy atom. The van der Waals surface area contributed by atoms with E-state index in [1.54, 1.807) is 16.9 Å². The van der Waals surface area contributed by atoms with E-state index in [9.17, 15) is 4.79 Å². The number of aromatic nitrogens is 3. The van der Waals surface area contributed by atoms with Crippen molar-refractivity contribution >= 4 is 32.9 Å². The van der Waals surface area contributed by atoms with E-state index in [2.05, 4.69) is 26.3 Å². The molecule has 3 aromatic heterocycles. The largest absolute Gasteiger partial charge is 0.448 e. The number of nitrogens with one attached hydrogen (secondary N) is 1. The van der Waals surface area contributed by atoms with Crippen LogP contribution in [0.4, 0.5) is 0 Å².